The molecule has 0 saturated carbocycles. The molecule has 1 heterocycles. The van der Waals surface area contributed by atoms with Crippen LogP contribution in [-0.2, 0) is 12.8 Å². The summed E-state index contributed by atoms with van der Waals surface area (Å²) >= 11 is 0. The van der Waals surface area contributed by atoms with E-state index < -0.39 is 0 Å². The van der Waals surface area contributed by atoms with Crippen LogP contribution >= 0.6 is 0 Å². The summed E-state index contributed by atoms with van der Waals surface area (Å²) in [6, 6.07) is 3.44. The van der Waals surface area contributed by atoms with Crippen LogP contribution < -0.4 is 24.4 Å². The van der Waals surface area contributed by atoms with Crippen molar-refractivity contribution in [1.82, 2.24) is 0 Å². The van der Waals surface area contributed by atoms with Gasteiger partial charge < -0.3 is 23.4 Å². The number of methoxy groups -OCH3 is 2. The topological polar surface area (TPSA) is 67.1 Å². The van der Waals surface area contributed by atoms with Crippen molar-refractivity contribution in [3.05, 3.63) is 82.1 Å². The lowest BCUT2D eigenvalue weighted by molar-refractivity contribution is 0.325. The van der Waals surface area contributed by atoms with Crippen molar-refractivity contribution in [2.24, 2.45) is 0 Å². The Balaban J connectivity index is 2.50. The highest BCUT2D eigenvalue weighted by Gasteiger charge is 2.24. The highest BCUT2D eigenvalue weighted by molar-refractivity contribution is 5.98. The van der Waals surface area contributed by atoms with E-state index in [0.717, 1.165) is 16.7 Å². The van der Waals surface area contributed by atoms with Gasteiger partial charge in [-0.25, -0.2) is 0 Å². The van der Waals surface area contributed by atoms with Gasteiger partial charge in [0.1, 0.15) is 41.3 Å². The predicted octanol–water partition coefficient (Wildman–Crippen LogP) is 7.11. The Morgan fingerprint density at radius 1 is 0.784 bits per heavy atom. The third kappa shape index (κ3) is 5.91. The van der Waals surface area contributed by atoms with Gasteiger partial charge in [-0.3, -0.25) is 4.79 Å². The summed E-state index contributed by atoms with van der Waals surface area (Å²) in [4.78, 5) is 14.2. The van der Waals surface area contributed by atoms with Crippen LogP contribution in [0.5, 0.6) is 23.0 Å². The fourth-order valence-electron chi connectivity index (χ4n) is 4.17. The molecule has 0 aliphatic heterocycles. The maximum Gasteiger partial charge on any atom is 0.204 e. The summed E-state index contributed by atoms with van der Waals surface area (Å²) in [6.45, 7) is 16.1. The lowest BCUT2D eigenvalue weighted by atomic mass is 9.98. The maximum atomic E-state index is 14.2. The molecule has 0 aliphatic rings. The minimum Gasteiger partial charge on any atom is -0.495 e. The fraction of sp³-hybridized carbons (Fsp3) is 0.323. The lowest BCUT2D eigenvalue weighted by Gasteiger charge is -2.18. The first-order valence-corrected chi connectivity index (χ1v) is 12.2. The molecule has 0 unspecified atom stereocenters. The number of hydrogen-bond donors (Lipinski definition) is 0. The smallest absolute Gasteiger partial charge is 0.204 e. The van der Waals surface area contributed by atoms with E-state index in [4.69, 9.17) is 23.4 Å². The number of hydrogen-bond acceptors (Lipinski definition) is 6. The maximum absolute atomic E-state index is 14.2. The van der Waals surface area contributed by atoms with Gasteiger partial charge >= 0.3 is 0 Å². The van der Waals surface area contributed by atoms with Gasteiger partial charge in [0.15, 0.2) is 11.5 Å². The molecule has 3 rings (SSSR count). The second-order valence-electron chi connectivity index (χ2n) is 9.12. The van der Waals surface area contributed by atoms with Crippen molar-refractivity contribution in [2.45, 2.75) is 40.5 Å². The molecule has 0 radical (unpaired) electrons. The summed E-state index contributed by atoms with van der Waals surface area (Å²) in [5.74, 6) is 1.98. The summed E-state index contributed by atoms with van der Waals surface area (Å²) < 4.78 is 29.8. The molecule has 6 heteroatoms. The molecule has 196 valence electrons. The van der Waals surface area contributed by atoms with E-state index in [2.05, 4.69) is 19.2 Å². The normalized spacial score (nSPS) is 10.6. The Kier molecular flexibility index (Phi) is 9.23. The van der Waals surface area contributed by atoms with Crippen LogP contribution in [0, 0.1) is 0 Å². The van der Waals surface area contributed by atoms with Crippen LogP contribution in [0.2, 0.25) is 0 Å². The van der Waals surface area contributed by atoms with E-state index in [1.807, 2.05) is 33.8 Å². The Morgan fingerprint density at radius 2 is 1.30 bits per heavy atom. The molecule has 0 atom stereocenters. The van der Waals surface area contributed by atoms with Crippen LogP contribution in [0.25, 0.3) is 21.9 Å². The largest absolute Gasteiger partial charge is 0.495 e. The number of rotatable bonds is 12. The molecule has 3 aromatic rings. The molecular weight excluding hydrogens is 468 g/mol. The van der Waals surface area contributed by atoms with E-state index in [-0.39, 0.29) is 12.0 Å². The Morgan fingerprint density at radius 3 is 1.84 bits per heavy atom. The SMILES string of the molecule is C=CCOc1cc2oc3cc(OCC=C)c(OC)c(CC=C(C)C)c3c(=O)c2c(OC)c1CC=C(C)C. The second kappa shape index (κ2) is 12.3. The average molecular weight is 505 g/mol. The third-order valence-corrected chi connectivity index (χ3v) is 5.84. The molecule has 37 heavy (non-hydrogen) atoms. The van der Waals surface area contributed by atoms with Crippen molar-refractivity contribution in [1.29, 1.82) is 0 Å². The van der Waals surface area contributed by atoms with Crippen LogP contribution in [0.15, 0.2) is 70.0 Å². The van der Waals surface area contributed by atoms with E-state index in [0.29, 0.717) is 69.9 Å². The summed E-state index contributed by atoms with van der Waals surface area (Å²) in [5.41, 5.74) is 4.27. The van der Waals surface area contributed by atoms with Crippen molar-refractivity contribution < 1.29 is 23.4 Å². The zero-order valence-electron chi connectivity index (χ0n) is 22.7. The molecule has 0 saturated heterocycles. The van der Waals surface area contributed by atoms with Gasteiger partial charge in [0.2, 0.25) is 5.43 Å². The van der Waals surface area contributed by atoms with E-state index in [1.54, 1.807) is 38.5 Å². The molecule has 0 spiro atoms. The molecule has 2 aromatic carbocycles. The zero-order valence-corrected chi connectivity index (χ0v) is 22.7. The Hall–Kier alpha value is -3.93. The molecule has 1 aromatic heterocycles. The third-order valence-electron chi connectivity index (χ3n) is 5.84. The monoisotopic (exact) mass is 504 g/mol. The summed E-state index contributed by atoms with van der Waals surface area (Å²) in [7, 11) is 3.12. The van der Waals surface area contributed by atoms with Crippen LogP contribution in [-0.4, -0.2) is 27.4 Å². The summed E-state index contributed by atoms with van der Waals surface area (Å²) in [6.07, 6.45) is 8.44. The molecule has 0 fully saturated rings. The molecule has 0 N–H and O–H groups in total. The first-order valence-electron chi connectivity index (χ1n) is 12.2. The molecule has 0 aliphatic carbocycles. The average Bonchev–Trinajstić information content (AvgIpc) is 2.86. The van der Waals surface area contributed by atoms with Gasteiger partial charge in [-0.15, -0.1) is 0 Å². The summed E-state index contributed by atoms with van der Waals surface area (Å²) in [5, 5.41) is 0.789. The van der Waals surface area contributed by atoms with Gasteiger partial charge in [-0.1, -0.05) is 48.6 Å². The van der Waals surface area contributed by atoms with Gasteiger partial charge in [-0.05, 0) is 40.5 Å². The molecule has 6 nitrogen and oxygen atoms in total. The first-order chi connectivity index (χ1) is 17.8. The predicted molar refractivity (Wildman–Crippen MR) is 151 cm³/mol. The zero-order chi connectivity index (χ0) is 27.1. The van der Waals surface area contributed by atoms with Crippen LogP contribution in [0.3, 0.4) is 0 Å². The van der Waals surface area contributed by atoms with Crippen molar-refractivity contribution >= 4 is 21.9 Å². The standard InChI is InChI=1S/C31H36O6/c1-9-15-35-23-17-25-28(31(34-8)21(23)13-11-19(3)4)29(32)27-22(14-12-20(5)6)30(33-7)26(36-16-10-2)18-24(27)37-25/h9-12,17-18H,1-2,13-16H2,3-8H3. The lowest BCUT2D eigenvalue weighted by Crippen LogP contribution is -2.11. The van der Waals surface area contributed by atoms with Crippen molar-refractivity contribution in [2.75, 3.05) is 27.4 Å². The number of benzene rings is 2. The van der Waals surface area contributed by atoms with Gasteiger partial charge in [-0.2, -0.15) is 0 Å². The van der Waals surface area contributed by atoms with Crippen molar-refractivity contribution in [3.8, 4) is 23.0 Å². The number of allylic oxidation sites excluding steroid dienone is 4. The minimum absolute atomic E-state index is 0.201. The Labute approximate surface area is 218 Å². The van der Waals surface area contributed by atoms with Crippen LogP contribution in [0.1, 0.15) is 38.8 Å². The quantitative estimate of drug-likeness (QED) is 0.193. The van der Waals surface area contributed by atoms with Crippen LogP contribution in [0.4, 0.5) is 0 Å². The molecule has 0 amide bonds. The van der Waals surface area contributed by atoms with Gasteiger partial charge in [0.25, 0.3) is 0 Å². The van der Waals surface area contributed by atoms with Gasteiger partial charge in [0.05, 0.1) is 19.6 Å². The van der Waals surface area contributed by atoms with Crippen molar-refractivity contribution in [3.63, 3.8) is 0 Å². The minimum atomic E-state index is -0.201. The Bertz CT molecular complexity index is 1430. The van der Waals surface area contributed by atoms with E-state index >= 15 is 0 Å². The molecular formula is C31H36O6. The number of ether oxygens (including phenoxy) is 4. The molecule has 0 bridgehead atoms. The first kappa shape index (κ1) is 27.7. The highest BCUT2D eigenvalue weighted by Crippen LogP contribution is 2.42. The van der Waals surface area contributed by atoms with E-state index in [1.165, 1.54) is 0 Å². The highest BCUT2D eigenvalue weighted by atomic mass is 16.5. The fourth-order valence-corrected chi connectivity index (χ4v) is 4.17. The number of fused-ring (bicyclic) bond motifs is 2. The second-order valence-corrected chi connectivity index (χ2v) is 9.12. The van der Waals surface area contributed by atoms with Gasteiger partial charge in [0, 0.05) is 23.3 Å². The van der Waals surface area contributed by atoms with E-state index in [9.17, 15) is 4.79 Å².